The van der Waals surface area contributed by atoms with E-state index < -0.39 is 0 Å². The Balaban J connectivity index is 2.05. The van der Waals surface area contributed by atoms with Crippen LogP contribution in [0.1, 0.15) is 5.56 Å². The topological polar surface area (TPSA) is 12.4 Å². The van der Waals surface area contributed by atoms with Crippen molar-refractivity contribution >= 4 is 11.4 Å². The van der Waals surface area contributed by atoms with Crippen LogP contribution in [0.5, 0.6) is 0 Å². The Morgan fingerprint density at radius 2 is 1.86 bits per heavy atom. The van der Waals surface area contributed by atoms with E-state index >= 15 is 0 Å². The van der Waals surface area contributed by atoms with Crippen molar-refractivity contribution in [1.82, 2.24) is 0 Å². The third kappa shape index (κ3) is 1.06. The molecule has 1 heteroatoms. The molecule has 14 heavy (non-hydrogen) atoms. The molecule has 0 unspecified atom stereocenters. The number of hydrogen-bond acceptors (Lipinski definition) is 1. The van der Waals surface area contributed by atoms with Gasteiger partial charge in [0.05, 0.1) is 11.4 Å². The molecule has 66 valence electrons. The summed E-state index contributed by atoms with van der Waals surface area (Å²) in [5.41, 5.74) is 4.56. The number of nitrogens with zero attached hydrogens (tertiary/aromatic N) is 1. The molecule has 0 N–H and O–H groups in total. The number of aliphatic imine (C=N–C) groups is 1. The van der Waals surface area contributed by atoms with Gasteiger partial charge in [0.15, 0.2) is 0 Å². The molecule has 0 atom stereocenters. The van der Waals surface area contributed by atoms with Crippen molar-refractivity contribution in [2.24, 2.45) is 4.99 Å². The van der Waals surface area contributed by atoms with Crippen molar-refractivity contribution in [2.45, 2.75) is 0 Å². The van der Waals surface area contributed by atoms with Crippen molar-refractivity contribution in [3.63, 3.8) is 0 Å². The van der Waals surface area contributed by atoms with Gasteiger partial charge in [-0.3, -0.25) is 0 Å². The van der Waals surface area contributed by atoms with Gasteiger partial charge in [-0.05, 0) is 12.2 Å². The fourth-order valence-corrected chi connectivity index (χ4v) is 1.71. The molecule has 0 saturated heterocycles. The molecule has 1 aliphatic heterocycles. The van der Waals surface area contributed by atoms with Crippen LogP contribution in [-0.2, 0) is 0 Å². The maximum Gasteiger partial charge on any atom is 0.0716 e. The molecule has 1 aromatic carbocycles. The lowest BCUT2D eigenvalue weighted by atomic mass is 10.1. The zero-order chi connectivity index (χ0) is 9.38. The summed E-state index contributed by atoms with van der Waals surface area (Å²) >= 11 is 0. The molecule has 0 amide bonds. The predicted octanol–water partition coefficient (Wildman–Crippen LogP) is 2.98. The molecule has 0 spiro atoms. The summed E-state index contributed by atoms with van der Waals surface area (Å²) < 4.78 is 0. The van der Waals surface area contributed by atoms with Crippen molar-refractivity contribution in [1.29, 1.82) is 0 Å². The van der Waals surface area contributed by atoms with Crippen LogP contribution in [0.15, 0.2) is 65.2 Å². The van der Waals surface area contributed by atoms with Gasteiger partial charge in [-0.2, -0.15) is 0 Å². The fraction of sp³-hybridized carbons (Fsp3) is 0. The van der Waals surface area contributed by atoms with Gasteiger partial charge in [0.2, 0.25) is 0 Å². The highest BCUT2D eigenvalue weighted by molar-refractivity contribution is 6.18. The van der Waals surface area contributed by atoms with Crippen LogP contribution in [0.3, 0.4) is 0 Å². The Morgan fingerprint density at radius 3 is 2.64 bits per heavy atom. The van der Waals surface area contributed by atoms with Gasteiger partial charge in [0.1, 0.15) is 0 Å². The van der Waals surface area contributed by atoms with Gasteiger partial charge >= 0.3 is 0 Å². The first kappa shape index (κ1) is 7.51. The maximum atomic E-state index is 4.54. The standard InChI is InChI=1S/C13H9N/c1-2-5-10(6-3-1)13-9-11-7-4-8-12(11)14-13/h1-9H. The molecule has 1 nitrogen and oxygen atoms in total. The minimum Gasteiger partial charge on any atom is -0.248 e. The first-order valence-corrected chi connectivity index (χ1v) is 4.68. The van der Waals surface area contributed by atoms with Gasteiger partial charge in [-0.15, -0.1) is 0 Å². The zero-order valence-electron chi connectivity index (χ0n) is 7.64. The molecule has 0 aromatic heterocycles. The lowest BCUT2D eigenvalue weighted by molar-refractivity contribution is 1.53. The van der Waals surface area contributed by atoms with Gasteiger partial charge < -0.3 is 0 Å². The lowest BCUT2D eigenvalue weighted by Gasteiger charge is -1.96. The van der Waals surface area contributed by atoms with Gasteiger partial charge in [0, 0.05) is 11.1 Å². The highest BCUT2D eigenvalue weighted by atomic mass is 14.8. The first-order valence-electron chi connectivity index (χ1n) is 4.68. The summed E-state index contributed by atoms with van der Waals surface area (Å²) in [5.74, 6) is 0. The second-order valence-corrected chi connectivity index (χ2v) is 3.37. The molecule has 0 bridgehead atoms. The Hall–Kier alpha value is -1.89. The van der Waals surface area contributed by atoms with Crippen molar-refractivity contribution < 1.29 is 0 Å². The Labute approximate surface area is 82.8 Å². The maximum absolute atomic E-state index is 4.54. The predicted molar refractivity (Wildman–Crippen MR) is 59.1 cm³/mol. The highest BCUT2D eigenvalue weighted by Gasteiger charge is 2.14. The monoisotopic (exact) mass is 179 g/mol. The van der Waals surface area contributed by atoms with E-state index in [1.165, 1.54) is 11.1 Å². The van der Waals surface area contributed by atoms with Crippen molar-refractivity contribution in [3.8, 4) is 0 Å². The molecule has 1 aromatic rings. The van der Waals surface area contributed by atoms with Gasteiger partial charge in [-0.25, -0.2) is 4.99 Å². The zero-order valence-corrected chi connectivity index (χ0v) is 7.64. The van der Waals surface area contributed by atoms with Gasteiger partial charge in [0.25, 0.3) is 0 Å². The average Bonchev–Trinajstić information content (AvgIpc) is 2.78. The number of fused-ring (bicyclic) bond motifs is 1. The van der Waals surface area contributed by atoms with E-state index in [0.717, 1.165) is 11.4 Å². The molecule has 0 fully saturated rings. The first-order chi connectivity index (χ1) is 6.93. The summed E-state index contributed by atoms with van der Waals surface area (Å²) in [6.07, 6.45) is 8.30. The summed E-state index contributed by atoms with van der Waals surface area (Å²) in [6, 6.07) is 10.3. The van der Waals surface area contributed by atoms with Crippen LogP contribution in [0.2, 0.25) is 0 Å². The van der Waals surface area contributed by atoms with E-state index in [1.807, 2.05) is 30.4 Å². The number of benzene rings is 1. The summed E-state index contributed by atoms with van der Waals surface area (Å²) in [4.78, 5) is 4.54. The van der Waals surface area contributed by atoms with E-state index in [4.69, 9.17) is 0 Å². The second kappa shape index (κ2) is 2.81. The van der Waals surface area contributed by atoms with Crippen LogP contribution in [0, 0.1) is 0 Å². The quantitative estimate of drug-likeness (QED) is 0.628. The highest BCUT2D eigenvalue weighted by Crippen LogP contribution is 2.27. The fourth-order valence-electron chi connectivity index (χ4n) is 1.71. The van der Waals surface area contributed by atoms with Crippen LogP contribution >= 0.6 is 0 Å². The number of hydrogen-bond donors (Lipinski definition) is 0. The van der Waals surface area contributed by atoms with Crippen LogP contribution in [-0.4, -0.2) is 5.71 Å². The van der Waals surface area contributed by atoms with E-state index in [0.29, 0.717) is 0 Å². The SMILES string of the molecule is C1=CC2=NC(c3ccccc3)=CC2=C1. The molecule has 0 radical (unpaired) electrons. The van der Waals surface area contributed by atoms with Crippen molar-refractivity contribution in [3.05, 3.63) is 65.8 Å². The largest absolute Gasteiger partial charge is 0.248 e. The normalized spacial score (nSPS) is 17.6. The molecular formula is C13H9N. The summed E-state index contributed by atoms with van der Waals surface area (Å²) in [5, 5.41) is 0. The number of allylic oxidation sites excluding steroid dienone is 5. The van der Waals surface area contributed by atoms with Gasteiger partial charge in [-0.1, -0.05) is 42.5 Å². The average molecular weight is 179 g/mol. The number of rotatable bonds is 1. The van der Waals surface area contributed by atoms with Crippen molar-refractivity contribution in [2.75, 3.05) is 0 Å². The Bertz CT molecular complexity index is 487. The molecular weight excluding hydrogens is 170 g/mol. The Kier molecular flexibility index (Phi) is 1.51. The van der Waals surface area contributed by atoms with E-state index in [2.05, 4.69) is 29.3 Å². The van der Waals surface area contributed by atoms with Crippen LogP contribution < -0.4 is 0 Å². The molecule has 0 saturated carbocycles. The molecule has 2 aliphatic rings. The minimum atomic E-state index is 1.07. The van der Waals surface area contributed by atoms with Crippen LogP contribution in [0.4, 0.5) is 0 Å². The van der Waals surface area contributed by atoms with Crippen LogP contribution in [0.25, 0.3) is 5.70 Å². The van der Waals surface area contributed by atoms with E-state index in [-0.39, 0.29) is 0 Å². The summed E-state index contributed by atoms with van der Waals surface area (Å²) in [7, 11) is 0. The third-order valence-electron chi connectivity index (χ3n) is 2.43. The third-order valence-corrected chi connectivity index (χ3v) is 2.43. The lowest BCUT2D eigenvalue weighted by Crippen LogP contribution is -1.84. The Morgan fingerprint density at radius 1 is 1.00 bits per heavy atom. The minimum absolute atomic E-state index is 1.07. The van der Waals surface area contributed by atoms with E-state index in [9.17, 15) is 0 Å². The van der Waals surface area contributed by atoms with E-state index in [1.54, 1.807) is 0 Å². The molecule has 1 heterocycles. The second-order valence-electron chi connectivity index (χ2n) is 3.37. The molecule has 1 aliphatic carbocycles. The smallest absolute Gasteiger partial charge is 0.0716 e. The molecule has 3 rings (SSSR count). The summed E-state index contributed by atoms with van der Waals surface area (Å²) in [6.45, 7) is 0.